The summed E-state index contributed by atoms with van der Waals surface area (Å²) in [6.45, 7) is 1.37. The Morgan fingerprint density at radius 1 is 1.12 bits per heavy atom. The summed E-state index contributed by atoms with van der Waals surface area (Å²) in [5, 5.41) is 2.37. The van der Waals surface area contributed by atoms with Crippen LogP contribution in [-0.4, -0.2) is 26.3 Å². The fourth-order valence-corrected chi connectivity index (χ4v) is 4.63. The van der Waals surface area contributed by atoms with Crippen molar-refractivity contribution in [3.05, 3.63) is 80.5 Å². The van der Waals surface area contributed by atoms with Crippen molar-refractivity contribution < 1.29 is 13.6 Å². The Hall–Kier alpha value is -3.31. The molecule has 2 aromatic carbocycles. The van der Waals surface area contributed by atoms with Crippen molar-refractivity contribution >= 4 is 45.0 Å². The maximum atomic E-state index is 13.4. The zero-order valence-corrected chi connectivity index (χ0v) is 18.5. The molecule has 1 N–H and O–H groups in total. The molecular weight excluding hydrogens is 458 g/mol. The number of carbonyl (C=O) groups is 1. The highest BCUT2D eigenvalue weighted by molar-refractivity contribution is 8.00. The third-order valence-electron chi connectivity index (χ3n) is 4.58. The summed E-state index contributed by atoms with van der Waals surface area (Å²) in [4.78, 5) is 43.3. The van der Waals surface area contributed by atoms with E-state index in [1.54, 1.807) is 30.5 Å². The molecule has 4 aromatic rings. The molecule has 0 saturated carbocycles. The number of nitrogens with one attached hydrogen (secondary N) is 1. The van der Waals surface area contributed by atoms with E-state index in [-0.39, 0.29) is 16.0 Å². The Balaban J connectivity index is 1.83. The van der Waals surface area contributed by atoms with Crippen molar-refractivity contribution in [3.8, 4) is 5.69 Å². The van der Waals surface area contributed by atoms with E-state index < -0.39 is 35.3 Å². The minimum absolute atomic E-state index is 0.0817. The number of fused-ring (bicyclic) bond motifs is 1. The second kappa shape index (κ2) is 8.67. The third-order valence-corrected chi connectivity index (χ3v) is 6.60. The Labute approximate surface area is 188 Å². The van der Waals surface area contributed by atoms with Crippen LogP contribution in [0.4, 0.5) is 14.5 Å². The molecule has 0 radical (unpaired) electrons. The lowest BCUT2D eigenvalue weighted by Crippen LogP contribution is -2.40. The standard InChI is InChI=1S/C21H16F2N4O3S2/c1-11-3-5-15(6-4-11)27-19(29)17-18(25-20(31-2)32-17)26(21(27)30)10-16(28)24-14-8-12(22)7-13(23)9-14/h3-9H,10H2,1-2H3,(H,24,28). The molecule has 164 valence electrons. The highest BCUT2D eigenvalue weighted by atomic mass is 32.2. The van der Waals surface area contributed by atoms with Crippen LogP contribution >= 0.6 is 23.1 Å². The highest BCUT2D eigenvalue weighted by Crippen LogP contribution is 2.25. The molecule has 0 spiro atoms. The van der Waals surface area contributed by atoms with Crippen LogP contribution in [0.3, 0.4) is 0 Å². The first-order valence-electron chi connectivity index (χ1n) is 9.30. The largest absolute Gasteiger partial charge is 0.337 e. The van der Waals surface area contributed by atoms with Crippen molar-refractivity contribution in [1.29, 1.82) is 0 Å². The number of hydrogen-bond donors (Lipinski definition) is 1. The van der Waals surface area contributed by atoms with Gasteiger partial charge in [0.25, 0.3) is 5.56 Å². The van der Waals surface area contributed by atoms with Crippen molar-refractivity contribution in [2.24, 2.45) is 0 Å². The van der Waals surface area contributed by atoms with Gasteiger partial charge in [-0.3, -0.25) is 14.2 Å². The van der Waals surface area contributed by atoms with Crippen LogP contribution in [-0.2, 0) is 11.3 Å². The van der Waals surface area contributed by atoms with Gasteiger partial charge in [0.05, 0.1) is 5.69 Å². The van der Waals surface area contributed by atoms with E-state index >= 15 is 0 Å². The summed E-state index contributed by atoms with van der Waals surface area (Å²) in [6.07, 6.45) is 1.78. The summed E-state index contributed by atoms with van der Waals surface area (Å²) >= 11 is 2.43. The zero-order chi connectivity index (χ0) is 23.0. The Kier molecular flexibility index (Phi) is 5.94. The molecule has 0 aliphatic heterocycles. The fourth-order valence-electron chi connectivity index (χ4n) is 3.14. The van der Waals surface area contributed by atoms with E-state index in [4.69, 9.17) is 0 Å². The predicted molar refractivity (Wildman–Crippen MR) is 121 cm³/mol. The number of anilines is 1. The first-order chi connectivity index (χ1) is 15.3. The van der Waals surface area contributed by atoms with Gasteiger partial charge in [0.1, 0.15) is 22.9 Å². The number of amides is 1. The van der Waals surface area contributed by atoms with Gasteiger partial charge < -0.3 is 5.32 Å². The fraction of sp³-hybridized carbons (Fsp3) is 0.143. The number of carbonyl (C=O) groups excluding carboxylic acids is 1. The summed E-state index contributed by atoms with van der Waals surface area (Å²) in [5.41, 5.74) is 0.0192. The second-order valence-corrected chi connectivity index (χ2v) is 8.94. The number of rotatable bonds is 5. The normalized spacial score (nSPS) is 11.1. The minimum Gasteiger partial charge on any atom is -0.324 e. The van der Waals surface area contributed by atoms with E-state index in [0.717, 1.165) is 38.2 Å². The SMILES string of the molecule is CSc1nc2c(s1)c(=O)n(-c1ccc(C)cc1)c(=O)n2CC(=O)Nc1cc(F)cc(F)c1. The average molecular weight is 475 g/mol. The predicted octanol–water partition coefficient (Wildman–Crippen LogP) is 3.56. The van der Waals surface area contributed by atoms with Crippen molar-refractivity contribution in [2.45, 2.75) is 17.8 Å². The number of thioether (sulfide) groups is 1. The number of aryl methyl sites for hydroxylation is 1. The van der Waals surface area contributed by atoms with Gasteiger partial charge in [-0.2, -0.15) is 0 Å². The molecule has 0 atom stereocenters. The molecule has 2 aromatic heterocycles. The van der Waals surface area contributed by atoms with Crippen LogP contribution < -0.4 is 16.6 Å². The molecule has 32 heavy (non-hydrogen) atoms. The van der Waals surface area contributed by atoms with Crippen molar-refractivity contribution in [3.63, 3.8) is 0 Å². The summed E-state index contributed by atoms with van der Waals surface area (Å²) < 4.78 is 29.7. The second-order valence-electron chi connectivity index (χ2n) is 6.89. The molecular formula is C21H16F2N4O3S2. The molecule has 0 fully saturated rings. The molecule has 0 aliphatic rings. The Bertz CT molecular complexity index is 1440. The van der Waals surface area contributed by atoms with Crippen molar-refractivity contribution in [1.82, 2.24) is 14.1 Å². The summed E-state index contributed by atoms with van der Waals surface area (Å²) in [6, 6.07) is 9.41. The molecule has 0 saturated heterocycles. The maximum Gasteiger partial charge on any atom is 0.337 e. The summed E-state index contributed by atoms with van der Waals surface area (Å²) in [5.74, 6) is -2.40. The van der Waals surface area contributed by atoms with E-state index in [1.165, 1.54) is 11.8 Å². The Morgan fingerprint density at radius 3 is 2.41 bits per heavy atom. The third kappa shape index (κ3) is 4.21. The maximum absolute atomic E-state index is 13.4. The van der Waals surface area contributed by atoms with E-state index in [1.807, 2.05) is 6.92 Å². The van der Waals surface area contributed by atoms with Gasteiger partial charge in [-0.1, -0.05) is 29.5 Å². The average Bonchev–Trinajstić information content (AvgIpc) is 3.17. The highest BCUT2D eigenvalue weighted by Gasteiger charge is 2.20. The zero-order valence-electron chi connectivity index (χ0n) is 16.9. The van der Waals surface area contributed by atoms with Gasteiger partial charge in [0.2, 0.25) is 5.91 Å². The molecule has 11 heteroatoms. The smallest absolute Gasteiger partial charge is 0.324 e. The molecule has 0 aliphatic carbocycles. The summed E-state index contributed by atoms with van der Waals surface area (Å²) in [7, 11) is 0. The van der Waals surface area contributed by atoms with Crippen LogP contribution in [0.15, 0.2) is 56.4 Å². The van der Waals surface area contributed by atoms with E-state index in [9.17, 15) is 23.2 Å². The number of halogens is 2. The number of hydrogen-bond acceptors (Lipinski definition) is 6. The molecule has 0 bridgehead atoms. The number of nitrogens with zero attached hydrogens (tertiary/aromatic N) is 3. The molecule has 2 heterocycles. The van der Waals surface area contributed by atoms with Crippen LogP contribution in [0.2, 0.25) is 0 Å². The molecule has 4 rings (SSSR count). The van der Waals surface area contributed by atoms with Gasteiger partial charge in [0, 0.05) is 11.8 Å². The van der Waals surface area contributed by atoms with Gasteiger partial charge in [-0.05, 0) is 37.4 Å². The van der Waals surface area contributed by atoms with Gasteiger partial charge >= 0.3 is 5.69 Å². The Morgan fingerprint density at radius 2 is 1.78 bits per heavy atom. The van der Waals surface area contributed by atoms with Gasteiger partial charge in [-0.25, -0.2) is 23.1 Å². The number of benzene rings is 2. The van der Waals surface area contributed by atoms with Crippen LogP contribution in [0.25, 0.3) is 16.0 Å². The monoisotopic (exact) mass is 474 g/mol. The lowest BCUT2D eigenvalue weighted by Gasteiger charge is -2.12. The van der Waals surface area contributed by atoms with Crippen molar-refractivity contribution in [2.75, 3.05) is 11.6 Å². The first-order valence-corrected chi connectivity index (χ1v) is 11.3. The van der Waals surface area contributed by atoms with Gasteiger partial charge in [-0.15, -0.1) is 11.3 Å². The number of thiazole rings is 1. The van der Waals surface area contributed by atoms with Crippen LogP contribution in [0.1, 0.15) is 5.56 Å². The molecule has 0 unspecified atom stereocenters. The van der Waals surface area contributed by atoms with Crippen LogP contribution in [0.5, 0.6) is 0 Å². The van der Waals surface area contributed by atoms with Crippen LogP contribution in [0, 0.1) is 18.6 Å². The van der Waals surface area contributed by atoms with Gasteiger partial charge in [0.15, 0.2) is 9.99 Å². The quantitative estimate of drug-likeness (QED) is 0.447. The lowest BCUT2D eigenvalue weighted by molar-refractivity contribution is -0.116. The topological polar surface area (TPSA) is 86.0 Å². The first kappa shape index (κ1) is 21.9. The molecule has 7 nitrogen and oxygen atoms in total. The van der Waals surface area contributed by atoms with E-state index in [2.05, 4.69) is 10.3 Å². The molecule has 1 amide bonds. The minimum atomic E-state index is -0.850. The van der Waals surface area contributed by atoms with E-state index in [0.29, 0.717) is 16.1 Å². The lowest BCUT2D eigenvalue weighted by atomic mass is 10.2. The number of aromatic nitrogens is 3.